The van der Waals surface area contributed by atoms with Crippen molar-refractivity contribution in [1.82, 2.24) is 19.5 Å². The number of anilines is 1. The number of nitrogens with two attached hydrogens (primary N) is 1. The van der Waals surface area contributed by atoms with Crippen LogP contribution in [0.2, 0.25) is 0 Å². The molecule has 2 aromatic heterocycles. The SMILES string of the molecule is CCO[C@@H]1[C@H](N)[C@@H](COC(=O)C(C)C)O[C@H]1n1cnc2c(OCc3ccccc3)nc(NC(=O)C(C)C)nc21. The third kappa shape index (κ3) is 6.52. The smallest absolute Gasteiger partial charge is 0.308 e. The molecule has 3 N–H and O–H groups in total. The Balaban J connectivity index is 1.68. The molecule has 0 aliphatic carbocycles. The average molecular weight is 541 g/mol. The summed E-state index contributed by atoms with van der Waals surface area (Å²) in [6, 6.07) is 9.05. The molecule has 0 unspecified atom stereocenters. The highest BCUT2D eigenvalue weighted by atomic mass is 16.6. The zero-order valence-electron chi connectivity index (χ0n) is 22.9. The van der Waals surface area contributed by atoms with E-state index in [1.165, 1.54) is 0 Å². The van der Waals surface area contributed by atoms with E-state index in [0.29, 0.717) is 17.8 Å². The second kappa shape index (κ2) is 12.5. The van der Waals surface area contributed by atoms with Crippen LogP contribution in [-0.2, 0) is 30.4 Å². The molecule has 0 bridgehead atoms. The molecular formula is C27H36N6O6. The second-order valence-corrected chi connectivity index (χ2v) is 9.94. The number of nitrogens with one attached hydrogen (secondary N) is 1. The predicted octanol–water partition coefficient (Wildman–Crippen LogP) is 2.83. The summed E-state index contributed by atoms with van der Waals surface area (Å²) in [7, 11) is 0. The summed E-state index contributed by atoms with van der Waals surface area (Å²) in [6.07, 6.45) is -0.359. The molecule has 1 aromatic carbocycles. The fraction of sp³-hybridized carbons (Fsp3) is 0.519. The summed E-state index contributed by atoms with van der Waals surface area (Å²) in [5.41, 5.74) is 8.19. The molecule has 1 fully saturated rings. The fourth-order valence-electron chi connectivity index (χ4n) is 4.05. The Morgan fingerprint density at radius 2 is 1.87 bits per heavy atom. The predicted molar refractivity (Wildman–Crippen MR) is 143 cm³/mol. The van der Waals surface area contributed by atoms with Gasteiger partial charge in [-0.3, -0.25) is 19.5 Å². The van der Waals surface area contributed by atoms with Crippen molar-refractivity contribution in [1.29, 1.82) is 0 Å². The van der Waals surface area contributed by atoms with Crippen LogP contribution in [-0.4, -0.2) is 62.9 Å². The number of imidazole rings is 1. The molecule has 12 heteroatoms. The average Bonchev–Trinajstić information content (AvgIpc) is 3.47. The first kappa shape index (κ1) is 28.4. The van der Waals surface area contributed by atoms with Crippen LogP contribution in [0.4, 0.5) is 5.95 Å². The van der Waals surface area contributed by atoms with Crippen molar-refractivity contribution in [2.45, 2.75) is 65.7 Å². The van der Waals surface area contributed by atoms with Crippen LogP contribution in [0, 0.1) is 11.8 Å². The fourth-order valence-corrected chi connectivity index (χ4v) is 4.05. The number of fused-ring (bicyclic) bond motifs is 1. The van der Waals surface area contributed by atoms with E-state index in [2.05, 4.69) is 20.3 Å². The molecule has 4 atom stereocenters. The van der Waals surface area contributed by atoms with Gasteiger partial charge in [-0.05, 0) is 12.5 Å². The standard InChI is InChI=1S/C27H36N6O6/c1-6-36-21-19(28)18(13-38-26(35)16(4)5)39-25(21)33-14-29-20-22(33)30-27(31-23(34)15(2)3)32-24(20)37-12-17-10-8-7-9-11-17/h7-11,14-16,18-19,21,25H,6,12-13,28H2,1-5H3,(H,30,31,32,34)/t18-,19-,21-,25-/m1/s1. The lowest BCUT2D eigenvalue weighted by atomic mass is 10.1. The summed E-state index contributed by atoms with van der Waals surface area (Å²) in [5.74, 6) is -0.857. The van der Waals surface area contributed by atoms with E-state index in [-0.39, 0.29) is 48.8 Å². The molecule has 1 saturated heterocycles. The van der Waals surface area contributed by atoms with E-state index in [4.69, 9.17) is 24.7 Å². The van der Waals surface area contributed by atoms with Crippen LogP contribution in [0.15, 0.2) is 36.7 Å². The molecule has 210 valence electrons. The van der Waals surface area contributed by atoms with Gasteiger partial charge in [-0.25, -0.2) is 4.98 Å². The second-order valence-electron chi connectivity index (χ2n) is 9.94. The highest BCUT2D eigenvalue weighted by molar-refractivity contribution is 5.91. The number of benzene rings is 1. The van der Waals surface area contributed by atoms with Crippen LogP contribution < -0.4 is 15.8 Å². The minimum absolute atomic E-state index is 0.0129. The first-order chi connectivity index (χ1) is 18.7. The van der Waals surface area contributed by atoms with Crippen molar-refractivity contribution in [3.8, 4) is 5.88 Å². The quantitative estimate of drug-likeness (QED) is 0.347. The van der Waals surface area contributed by atoms with Crippen molar-refractivity contribution in [2.75, 3.05) is 18.5 Å². The van der Waals surface area contributed by atoms with E-state index in [1.54, 1.807) is 38.6 Å². The van der Waals surface area contributed by atoms with Gasteiger partial charge in [0.1, 0.15) is 25.4 Å². The van der Waals surface area contributed by atoms with E-state index in [1.807, 2.05) is 37.3 Å². The van der Waals surface area contributed by atoms with Crippen LogP contribution in [0.5, 0.6) is 5.88 Å². The Hall–Kier alpha value is -3.61. The Morgan fingerprint density at radius 1 is 1.13 bits per heavy atom. The number of amides is 1. The monoisotopic (exact) mass is 540 g/mol. The Morgan fingerprint density at radius 3 is 2.54 bits per heavy atom. The zero-order chi connectivity index (χ0) is 28.1. The minimum atomic E-state index is -0.724. The first-order valence-corrected chi connectivity index (χ1v) is 13.1. The lowest BCUT2D eigenvalue weighted by Gasteiger charge is -2.22. The van der Waals surface area contributed by atoms with Crippen molar-refractivity contribution >= 4 is 29.0 Å². The van der Waals surface area contributed by atoms with Gasteiger partial charge in [0.05, 0.1) is 18.3 Å². The summed E-state index contributed by atoms with van der Waals surface area (Å²) in [5, 5.41) is 2.74. The number of esters is 1. The summed E-state index contributed by atoms with van der Waals surface area (Å²) in [6.45, 7) is 9.55. The topological polar surface area (TPSA) is 153 Å². The number of aromatic nitrogens is 4. The van der Waals surface area contributed by atoms with Gasteiger partial charge in [-0.1, -0.05) is 58.0 Å². The largest absolute Gasteiger partial charge is 0.471 e. The van der Waals surface area contributed by atoms with Gasteiger partial charge in [0.25, 0.3) is 0 Å². The third-order valence-electron chi connectivity index (χ3n) is 6.27. The van der Waals surface area contributed by atoms with E-state index in [9.17, 15) is 9.59 Å². The normalized spacial score (nSPS) is 21.0. The molecular weight excluding hydrogens is 504 g/mol. The number of ether oxygens (including phenoxy) is 4. The maximum Gasteiger partial charge on any atom is 0.308 e. The number of nitrogens with zero attached hydrogens (tertiary/aromatic N) is 4. The first-order valence-electron chi connectivity index (χ1n) is 13.1. The molecule has 1 aliphatic heterocycles. The lowest BCUT2D eigenvalue weighted by molar-refractivity contribution is -0.152. The molecule has 3 heterocycles. The van der Waals surface area contributed by atoms with Gasteiger partial charge in [0.2, 0.25) is 17.7 Å². The molecule has 1 amide bonds. The van der Waals surface area contributed by atoms with Crippen molar-refractivity contribution < 1.29 is 28.5 Å². The van der Waals surface area contributed by atoms with Crippen LogP contribution in [0.3, 0.4) is 0 Å². The van der Waals surface area contributed by atoms with Crippen LogP contribution in [0.1, 0.15) is 46.4 Å². The Kier molecular flexibility index (Phi) is 9.10. The number of hydrogen-bond donors (Lipinski definition) is 2. The van der Waals surface area contributed by atoms with E-state index >= 15 is 0 Å². The van der Waals surface area contributed by atoms with E-state index in [0.717, 1.165) is 5.56 Å². The van der Waals surface area contributed by atoms with Gasteiger partial charge < -0.3 is 24.7 Å². The molecule has 0 spiro atoms. The highest BCUT2D eigenvalue weighted by Gasteiger charge is 2.45. The molecule has 1 aliphatic rings. The molecule has 3 aromatic rings. The summed E-state index contributed by atoms with van der Waals surface area (Å²) < 4.78 is 25.3. The molecule has 0 radical (unpaired) electrons. The van der Waals surface area contributed by atoms with Gasteiger partial charge in [-0.2, -0.15) is 9.97 Å². The van der Waals surface area contributed by atoms with Crippen molar-refractivity contribution in [3.05, 3.63) is 42.2 Å². The maximum absolute atomic E-state index is 12.5. The van der Waals surface area contributed by atoms with E-state index < -0.39 is 24.5 Å². The highest BCUT2D eigenvalue weighted by Crippen LogP contribution is 2.35. The number of rotatable bonds is 11. The molecule has 0 saturated carbocycles. The minimum Gasteiger partial charge on any atom is -0.471 e. The van der Waals surface area contributed by atoms with Crippen molar-refractivity contribution in [2.24, 2.45) is 17.6 Å². The number of hydrogen-bond acceptors (Lipinski definition) is 10. The molecule has 39 heavy (non-hydrogen) atoms. The number of carbonyl (C=O) groups is 2. The van der Waals surface area contributed by atoms with Gasteiger partial charge >= 0.3 is 5.97 Å². The summed E-state index contributed by atoms with van der Waals surface area (Å²) >= 11 is 0. The lowest BCUT2D eigenvalue weighted by Crippen LogP contribution is -2.43. The Bertz CT molecular complexity index is 1280. The third-order valence-corrected chi connectivity index (χ3v) is 6.27. The van der Waals surface area contributed by atoms with Gasteiger partial charge in [-0.15, -0.1) is 0 Å². The zero-order valence-corrected chi connectivity index (χ0v) is 22.9. The van der Waals surface area contributed by atoms with Gasteiger partial charge in [0, 0.05) is 12.5 Å². The summed E-state index contributed by atoms with van der Waals surface area (Å²) in [4.78, 5) is 38.0. The van der Waals surface area contributed by atoms with Crippen LogP contribution >= 0.6 is 0 Å². The number of carbonyl (C=O) groups excluding carboxylic acids is 2. The van der Waals surface area contributed by atoms with Crippen molar-refractivity contribution in [3.63, 3.8) is 0 Å². The molecule has 4 rings (SSSR count). The Labute approximate surface area is 227 Å². The maximum atomic E-state index is 12.5. The molecule has 12 nitrogen and oxygen atoms in total. The van der Waals surface area contributed by atoms with Gasteiger partial charge in [0.15, 0.2) is 17.4 Å². The van der Waals surface area contributed by atoms with Crippen LogP contribution in [0.25, 0.3) is 11.2 Å².